The van der Waals surface area contributed by atoms with Gasteiger partial charge in [-0.1, -0.05) is 244 Å². The maximum absolute atomic E-state index is 13.1. The first kappa shape index (κ1) is 61.9. The van der Waals surface area contributed by atoms with Gasteiger partial charge in [-0.3, -0.25) is 9.35 Å². The molecule has 1 amide bonds. The number of rotatable bonds is 47. The van der Waals surface area contributed by atoms with Crippen LogP contribution in [0.15, 0.2) is 12.2 Å². The molecule has 0 aromatic carbocycles. The van der Waals surface area contributed by atoms with Crippen LogP contribution in [0.1, 0.15) is 258 Å². The van der Waals surface area contributed by atoms with Crippen molar-refractivity contribution in [1.29, 1.82) is 0 Å². The molecule has 0 saturated carbocycles. The number of hydrogen-bond acceptors (Lipinski definition) is 10. The summed E-state index contributed by atoms with van der Waals surface area (Å²) in [4.78, 5) is 13.1. The largest absolute Gasteiger partial charge is 0.397 e. The molecule has 1 aliphatic heterocycles. The zero-order valence-electron chi connectivity index (χ0n) is 41.6. The predicted molar refractivity (Wildman–Crippen MR) is 264 cm³/mol. The smallest absolute Gasteiger partial charge is 0.394 e. The van der Waals surface area contributed by atoms with Crippen molar-refractivity contribution in [1.82, 2.24) is 5.32 Å². The minimum absolute atomic E-state index is 0.257. The average molecular weight is 948 g/mol. The van der Waals surface area contributed by atoms with Gasteiger partial charge in [0.2, 0.25) is 5.91 Å². The van der Waals surface area contributed by atoms with Gasteiger partial charge in [0.25, 0.3) is 0 Å². The lowest BCUT2D eigenvalue weighted by molar-refractivity contribution is -0.298. The summed E-state index contributed by atoms with van der Waals surface area (Å²) in [6.45, 7) is 3.42. The van der Waals surface area contributed by atoms with Gasteiger partial charge in [-0.05, 0) is 19.3 Å². The van der Waals surface area contributed by atoms with Gasteiger partial charge in [0, 0.05) is 6.42 Å². The number of hydrogen-bond donors (Lipinski definition) is 6. The molecule has 0 aliphatic carbocycles. The molecule has 0 radical (unpaired) electrons. The van der Waals surface area contributed by atoms with E-state index in [2.05, 4.69) is 23.3 Å². The molecule has 1 heterocycles. The molecule has 1 aliphatic rings. The third-order valence-electron chi connectivity index (χ3n) is 13.1. The Morgan fingerprint density at radius 2 is 0.969 bits per heavy atom. The van der Waals surface area contributed by atoms with Crippen molar-refractivity contribution >= 4 is 16.3 Å². The third kappa shape index (κ3) is 35.6. The summed E-state index contributed by atoms with van der Waals surface area (Å²) in [6, 6.07) is -0.939. The Labute approximate surface area is 398 Å². The van der Waals surface area contributed by atoms with Crippen LogP contribution >= 0.6 is 0 Å². The second-order valence-electron chi connectivity index (χ2n) is 19.2. The molecule has 6 N–H and O–H groups in total. The van der Waals surface area contributed by atoms with E-state index in [1.807, 2.05) is 6.08 Å². The molecule has 0 spiro atoms. The first-order valence-corrected chi connectivity index (χ1v) is 28.4. The Bertz CT molecular complexity index is 1210. The summed E-state index contributed by atoms with van der Waals surface area (Å²) in [5, 5.41) is 44.9. The zero-order valence-corrected chi connectivity index (χ0v) is 42.4. The fraction of sp³-hybridized carbons (Fsp3) is 0.942. The van der Waals surface area contributed by atoms with Crippen molar-refractivity contribution in [3.63, 3.8) is 0 Å². The summed E-state index contributed by atoms with van der Waals surface area (Å²) in [5.41, 5.74) is 0. The summed E-state index contributed by atoms with van der Waals surface area (Å²) in [7, 11) is -5.08. The first-order valence-electron chi connectivity index (χ1n) is 27.1. The fourth-order valence-electron chi connectivity index (χ4n) is 8.87. The molecule has 0 bridgehead atoms. The number of aliphatic hydroxyl groups is 4. The van der Waals surface area contributed by atoms with Crippen LogP contribution in [-0.2, 0) is 28.9 Å². The van der Waals surface area contributed by atoms with Crippen LogP contribution in [-0.4, -0.2) is 95.4 Å². The maximum atomic E-state index is 13.1. The number of ether oxygens (including phenoxy) is 2. The minimum Gasteiger partial charge on any atom is -0.394 e. The zero-order chi connectivity index (χ0) is 47.6. The van der Waals surface area contributed by atoms with Crippen LogP contribution in [0, 0.1) is 0 Å². The lowest BCUT2D eigenvalue weighted by Gasteiger charge is -2.41. The standard InChI is InChI=1S/C52H101NO11S/c1-3-5-7-9-11-13-15-17-19-20-21-22-23-24-25-26-28-30-32-34-36-38-40-42-48(56)53-45(44-62-52-50(58)51(64-65(59,60)61)49(57)47(43-54)63-52)46(55)41-39-37-35-33-31-29-27-18-16-14-12-10-8-6-4-2/h39,41,45-47,49-52,54-55,57-58H,3-38,40,42-44H2,1-2H3,(H,53,56)(H,59,60,61)/b41-39+. The molecule has 1 fully saturated rings. The minimum atomic E-state index is -5.08. The monoisotopic (exact) mass is 948 g/mol. The van der Waals surface area contributed by atoms with Gasteiger partial charge in [0.1, 0.15) is 24.4 Å². The molecule has 65 heavy (non-hydrogen) atoms. The number of amides is 1. The molecule has 7 atom stereocenters. The number of nitrogens with one attached hydrogen (secondary N) is 1. The quantitative estimate of drug-likeness (QED) is 0.0193. The van der Waals surface area contributed by atoms with Crippen LogP contribution in [0.2, 0.25) is 0 Å². The number of aliphatic hydroxyl groups excluding tert-OH is 4. The van der Waals surface area contributed by atoms with Crippen molar-refractivity contribution in [2.24, 2.45) is 0 Å². The highest BCUT2D eigenvalue weighted by molar-refractivity contribution is 7.80. The van der Waals surface area contributed by atoms with E-state index < -0.39 is 59.9 Å². The molecule has 0 aromatic rings. The predicted octanol–water partition coefficient (Wildman–Crippen LogP) is 11.9. The van der Waals surface area contributed by atoms with Crippen molar-refractivity contribution in [3.8, 4) is 0 Å². The Hall–Kier alpha value is -1.16. The lowest BCUT2D eigenvalue weighted by atomic mass is 9.99. The molecule has 1 saturated heterocycles. The second-order valence-corrected chi connectivity index (χ2v) is 20.2. The van der Waals surface area contributed by atoms with Crippen LogP contribution in [0.3, 0.4) is 0 Å². The van der Waals surface area contributed by atoms with Crippen LogP contribution in [0.25, 0.3) is 0 Å². The van der Waals surface area contributed by atoms with E-state index in [0.29, 0.717) is 6.42 Å². The van der Waals surface area contributed by atoms with Gasteiger partial charge in [-0.2, -0.15) is 8.42 Å². The van der Waals surface area contributed by atoms with Crippen LogP contribution < -0.4 is 5.32 Å². The molecular weight excluding hydrogens is 847 g/mol. The van der Waals surface area contributed by atoms with Crippen LogP contribution in [0.5, 0.6) is 0 Å². The van der Waals surface area contributed by atoms with Gasteiger partial charge < -0.3 is 35.2 Å². The SMILES string of the molecule is CCCCCCCCCCCCCCC/C=C/C(O)C(COC1OC(CO)C(O)C(OS(=O)(=O)O)C1O)NC(=O)CCCCCCCCCCCCCCCCCCCCCCCCC. The average Bonchev–Trinajstić information content (AvgIpc) is 3.28. The Morgan fingerprint density at radius 3 is 1.34 bits per heavy atom. The Balaban J connectivity index is 2.38. The Kier molecular flexibility index (Phi) is 40.8. The van der Waals surface area contributed by atoms with Crippen molar-refractivity contribution < 1.29 is 51.8 Å². The Morgan fingerprint density at radius 1 is 0.600 bits per heavy atom. The van der Waals surface area contributed by atoms with Crippen LogP contribution in [0.4, 0.5) is 0 Å². The van der Waals surface area contributed by atoms with Gasteiger partial charge in [0.15, 0.2) is 6.29 Å². The third-order valence-corrected chi connectivity index (χ3v) is 13.5. The van der Waals surface area contributed by atoms with Crippen molar-refractivity contribution in [2.75, 3.05) is 13.2 Å². The van der Waals surface area contributed by atoms with E-state index in [0.717, 1.165) is 38.5 Å². The number of carbonyl (C=O) groups is 1. The normalized spacial score (nSPS) is 20.1. The summed E-state index contributed by atoms with van der Waals surface area (Å²) in [6.07, 6.45) is 41.1. The summed E-state index contributed by atoms with van der Waals surface area (Å²) < 4.78 is 47.7. The molecule has 7 unspecified atom stereocenters. The van der Waals surface area contributed by atoms with Gasteiger partial charge in [-0.15, -0.1) is 0 Å². The van der Waals surface area contributed by atoms with E-state index >= 15 is 0 Å². The van der Waals surface area contributed by atoms with E-state index in [-0.39, 0.29) is 18.9 Å². The van der Waals surface area contributed by atoms with Crippen molar-refractivity contribution in [3.05, 3.63) is 12.2 Å². The molecule has 1 rings (SSSR count). The summed E-state index contributed by atoms with van der Waals surface area (Å²) >= 11 is 0. The lowest BCUT2D eigenvalue weighted by Crippen LogP contribution is -2.61. The van der Waals surface area contributed by atoms with Gasteiger partial charge in [0.05, 0.1) is 25.4 Å². The van der Waals surface area contributed by atoms with E-state index in [9.17, 15) is 38.2 Å². The topological polar surface area (TPSA) is 192 Å². The maximum Gasteiger partial charge on any atom is 0.397 e. The number of allylic oxidation sites excluding steroid dienone is 1. The van der Waals surface area contributed by atoms with E-state index in [1.54, 1.807) is 6.08 Å². The highest BCUT2D eigenvalue weighted by Gasteiger charge is 2.48. The fourth-order valence-corrected chi connectivity index (χ4v) is 9.38. The second kappa shape index (κ2) is 42.9. The van der Waals surface area contributed by atoms with Gasteiger partial charge >= 0.3 is 10.4 Å². The molecule has 0 aromatic heterocycles. The highest BCUT2D eigenvalue weighted by atomic mass is 32.3. The molecule has 386 valence electrons. The first-order chi connectivity index (χ1) is 31.5. The molecule has 12 nitrogen and oxygen atoms in total. The van der Waals surface area contributed by atoms with E-state index in [1.165, 1.54) is 193 Å². The molecular formula is C52H101NO11S. The highest BCUT2D eigenvalue weighted by Crippen LogP contribution is 2.26. The summed E-state index contributed by atoms with van der Waals surface area (Å²) in [5.74, 6) is -0.257. The molecule has 13 heteroatoms. The van der Waals surface area contributed by atoms with Crippen molar-refractivity contribution in [2.45, 2.75) is 301 Å². The van der Waals surface area contributed by atoms with E-state index in [4.69, 9.17) is 9.47 Å². The van der Waals surface area contributed by atoms with Gasteiger partial charge in [-0.25, -0.2) is 4.18 Å². The number of unbranched alkanes of at least 4 members (excludes halogenated alkanes) is 35. The number of carbonyl (C=O) groups excluding carboxylic acids is 1.